The van der Waals surface area contributed by atoms with Crippen LogP contribution in [0.3, 0.4) is 0 Å². The van der Waals surface area contributed by atoms with Crippen molar-refractivity contribution in [1.82, 2.24) is 9.97 Å². The van der Waals surface area contributed by atoms with Gasteiger partial charge in [0.1, 0.15) is 0 Å². The van der Waals surface area contributed by atoms with Gasteiger partial charge in [-0.2, -0.15) is 0 Å². The Balaban J connectivity index is 1.83. The number of hydrogen-bond donors (Lipinski definition) is 2. The first-order valence-electron chi connectivity index (χ1n) is 6.12. The van der Waals surface area contributed by atoms with E-state index >= 15 is 0 Å². The molecule has 1 heterocycles. The molecule has 0 aliphatic rings. The third-order valence-corrected chi connectivity index (χ3v) is 3.81. The molecule has 1 aromatic carbocycles. The van der Waals surface area contributed by atoms with Crippen molar-refractivity contribution in [2.75, 3.05) is 5.75 Å². The zero-order chi connectivity index (χ0) is 12.1. The third-order valence-electron chi connectivity index (χ3n) is 2.85. The third kappa shape index (κ3) is 3.48. The molecule has 17 heavy (non-hydrogen) atoms. The van der Waals surface area contributed by atoms with E-state index in [4.69, 9.17) is 5.73 Å². The van der Waals surface area contributed by atoms with Crippen molar-refractivity contribution in [2.45, 2.75) is 37.4 Å². The first-order valence-corrected chi connectivity index (χ1v) is 7.11. The number of hydrogen-bond acceptors (Lipinski definition) is 3. The largest absolute Gasteiger partial charge is 0.333 e. The number of nitrogens with one attached hydrogen (secondary N) is 1. The Morgan fingerprint density at radius 3 is 3.00 bits per heavy atom. The number of nitrogens with two attached hydrogens (primary N) is 1. The molecule has 4 heteroatoms. The van der Waals surface area contributed by atoms with Gasteiger partial charge in [-0.25, -0.2) is 4.98 Å². The predicted molar refractivity (Wildman–Crippen MR) is 74.3 cm³/mol. The van der Waals surface area contributed by atoms with E-state index in [0.717, 1.165) is 41.2 Å². The first-order chi connectivity index (χ1) is 8.29. The van der Waals surface area contributed by atoms with E-state index in [9.17, 15) is 0 Å². The maximum absolute atomic E-state index is 5.88. The monoisotopic (exact) mass is 249 g/mol. The summed E-state index contributed by atoms with van der Waals surface area (Å²) in [6.07, 6.45) is 3.32. The van der Waals surface area contributed by atoms with Crippen molar-refractivity contribution < 1.29 is 0 Å². The van der Waals surface area contributed by atoms with Crippen LogP contribution in [0.5, 0.6) is 0 Å². The number of aromatic amines is 1. The standard InChI is InChI=1S/C13H19N3S/c1-2-10(14)6-5-9-17-13-15-11-7-3-4-8-12(11)16-13/h3-4,7-8,10H,2,5-6,9,14H2,1H3,(H,15,16). The summed E-state index contributed by atoms with van der Waals surface area (Å²) in [6, 6.07) is 8.47. The van der Waals surface area contributed by atoms with Crippen molar-refractivity contribution in [3.63, 3.8) is 0 Å². The van der Waals surface area contributed by atoms with E-state index < -0.39 is 0 Å². The van der Waals surface area contributed by atoms with Crippen LogP contribution in [-0.2, 0) is 0 Å². The van der Waals surface area contributed by atoms with E-state index in [0.29, 0.717) is 6.04 Å². The summed E-state index contributed by atoms with van der Waals surface area (Å²) in [4.78, 5) is 7.84. The number of nitrogens with zero attached hydrogens (tertiary/aromatic N) is 1. The predicted octanol–water partition coefficient (Wildman–Crippen LogP) is 3.17. The number of rotatable bonds is 6. The molecule has 1 aromatic heterocycles. The second-order valence-corrected chi connectivity index (χ2v) is 5.30. The molecule has 1 atom stereocenters. The molecule has 0 aliphatic heterocycles. The highest BCUT2D eigenvalue weighted by atomic mass is 32.2. The lowest BCUT2D eigenvalue weighted by Crippen LogP contribution is -2.18. The summed E-state index contributed by atoms with van der Waals surface area (Å²) in [5.41, 5.74) is 8.03. The number of thioether (sulfide) groups is 1. The molecule has 0 spiro atoms. The molecule has 0 bridgehead atoms. The fraction of sp³-hybridized carbons (Fsp3) is 0.462. The quantitative estimate of drug-likeness (QED) is 0.610. The minimum atomic E-state index is 0.353. The van der Waals surface area contributed by atoms with E-state index in [1.165, 1.54) is 0 Å². The van der Waals surface area contributed by atoms with Gasteiger partial charge in [-0.15, -0.1) is 0 Å². The molecule has 0 aliphatic carbocycles. The number of benzene rings is 1. The molecule has 0 radical (unpaired) electrons. The van der Waals surface area contributed by atoms with Gasteiger partial charge in [0.15, 0.2) is 5.16 Å². The number of fused-ring (bicyclic) bond motifs is 1. The van der Waals surface area contributed by atoms with Crippen molar-refractivity contribution in [2.24, 2.45) is 5.73 Å². The maximum Gasteiger partial charge on any atom is 0.166 e. The van der Waals surface area contributed by atoms with Crippen molar-refractivity contribution in [1.29, 1.82) is 0 Å². The van der Waals surface area contributed by atoms with Crippen LogP contribution in [0.4, 0.5) is 0 Å². The molecular weight excluding hydrogens is 230 g/mol. The Labute approximate surface area is 106 Å². The van der Waals surface area contributed by atoms with Crippen molar-refractivity contribution in [3.8, 4) is 0 Å². The lowest BCUT2D eigenvalue weighted by Gasteiger charge is -2.06. The van der Waals surface area contributed by atoms with Gasteiger partial charge in [0.05, 0.1) is 11.0 Å². The zero-order valence-corrected chi connectivity index (χ0v) is 11.0. The van der Waals surface area contributed by atoms with Crippen LogP contribution < -0.4 is 5.73 Å². The molecule has 0 saturated carbocycles. The van der Waals surface area contributed by atoms with E-state index in [1.807, 2.05) is 18.2 Å². The van der Waals surface area contributed by atoms with Gasteiger partial charge in [-0.1, -0.05) is 30.8 Å². The fourth-order valence-corrected chi connectivity index (χ4v) is 2.57. The first kappa shape index (κ1) is 12.5. The SMILES string of the molecule is CCC(N)CCCSc1nc2ccccc2[nH]1. The van der Waals surface area contributed by atoms with E-state index in [1.54, 1.807) is 11.8 Å². The zero-order valence-electron chi connectivity index (χ0n) is 10.1. The smallest absolute Gasteiger partial charge is 0.166 e. The lowest BCUT2D eigenvalue weighted by atomic mass is 10.1. The number of aromatic nitrogens is 2. The van der Waals surface area contributed by atoms with Crippen LogP contribution in [0.2, 0.25) is 0 Å². The van der Waals surface area contributed by atoms with Crippen LogP contribution >= 0.6 is 11.8 Å². The van der Waals surface area contributed by atoms with E-state index in [-0.39, 0.29) is 0 Å². The highest BCUT2D eigenvalue weighted by Gasteiger charge is 2.03. The van der Waals surface area contributed by atoms with Crippen molar-refractivity contribution in [3.05, 3.63) is 24.3 Å². The second-order valence-electron chi connectivity index (χ2n) is 4.22. The van der Waals surface area contributed by atoms with Gasteiger partial charge in [-0.05, 0) is 31.4 Å². The molecule has 1 unspecified atom stereocenters. The summed E-state index contributed by atoms with van der Waals surface area (Å²) in [5, 5.41) is 1.01. The summed E-state index contributed by atoms with van der Waals surface area (Å²) in [7, 11) is 0. The van der Waals surface area contributed by atoms with E-state index in [2.05, 4.69) is 23.0 Å². The molecule has 2 rings (SSSR count). The summed E-state index contributed by atoms with van der Waals surface area (Å²) < 4.78 is 0. The van der Waals surface area contributed by atoms with Crippen LogP contribution in [0.1, 0.15) is 26.2 Å². The van der Waals surface area contributed by atoms with Gasteiger partial charge >= 0.3 is 0 Å². The Bertz CT molecular complexity index is 433. The number of para-hydroxylation sites is 2. The maximum atomic E-state index is 5.88. The summed E-state index contributed by atoms with van der Waals surface area (Å²) in [5.74, 6) is 1.08. The molecule has 3 N–H and O–H groups in total. The highest BCUT2D eigenvalue weighted by Crippen LogP contribution is 2.20. The van der Waals surface area contributed by atoms with Gasteiger partial charge in [0.2, 0.25) is 0 Å². The van der Waals surface area contributed by atoms with Gasteiger partial charge in [-0.3, -0.25) is 0 Å². The Morgan fingerprint density at radius 1 is 1.41 bits per heavy atom. The second kappa shape index (κ2) is 6.07. The molecule has 0 saturated heterocycles. The van der Waals surface area contributed by atoms with Crippen LogP contribution in [0, 0.1) is 0 Å². The number of H-pyrrole nitrogens is 1. The molecule has 0 amide bonds. The van der Waals surface area contributed by atoms with Crippen LogP contribution in [-0.4, -0.2) is 21.8 Å². The minimum Gasteiger partial charge on any atom is -0.333 e. The summed E-state index contributed by atoms with van der Waals surface area (Å²) >= 11 is 1.78. The van der Waals surface area contributed by atoms with Gasteiger partial charge in [0, 0.05) is 11.8 Å². The Morgan fingerprint density at radius 2 is 2.24 bits per heavy atom. The summed E-state index contributed by atoms with van der Waals surface area (Å²) in [6.45, 7) is 2.14. The van der Waals surface area contributed by atoms with Gasteiger partial charge in [0.25, 0.3) is 0 Å². The fourth-order valence-electron chi connectivity index (χ4n) is 1.72. The van der Waals surface area contributed by atoms with Crippen molar-refractivity contribution >= 4 is 22.8 Å². The average molecular weight is 249 g/mol. The lowest BCUT2D eigenvalue weighted by molar-refractivity contribution is 0.589. The van der Waals surface area contributed by atoms with Crippen LogP contribution in [0.25, 0.3) is 11.0 Å². The molecule has 0 fully saturated rings. The molecule has 92 valence electrons. The minimum absolute atomic E-state index is 0.353. The topological polar surface area (TPSA) is 54.7 Å². The molecule has 2 aromatic rings. The molecule has 3 nitrogen and oxygen atoms in total. The number of imidazole rings is 1. The average Bonchev–Trinajstić information content (AvgIpc) is 2.76. The molecular formula is C13H19N3S. The van der Waals surface area contributed by atoms with Gasteiger partial charge < -0.3 is 10.7 Å². The van der Waals surface area contributed by atoms with Crippen LogP contribution in [0.15, 0.2) is 29.4 Å². The Kier molecular flexibility index (Phi) is 4.45. The highest BCUT2D eigenvalue weighted by molar-refractivity contribution is 7.99. The normalized spacial score (nSPS) is 13.1. The Hall–Kier alpha value is -1.00.